The van der Waals surface area contributed by atoms with Crippen LogP contribution in [-0.4, -0.2) is 60.8 Å². The summed E-state index contributed by atoms with van der Waals surface area (Å²) in [7, 11) is -3.60. The minimum Gasteiger partial charge on any atom is -0.452 e. The number of carbonyl (C=O) groups excluding carboxylic acids is 2. The van der Waals surface area contributed by atoms with E-state index < -0.39 is 28.0 Å². The topological polar surface area (TPSA) is 84.0 Å². The standard InChI is InChI=1S/C23H36N2O5S/c1-15(2)25(16(3)4)22(26)19(7)30-23(27)20-10-12-24(13-11-20)31(28,29)21-9-8-17(5)18(6)14-21/h8-9,14-16,19-20H,10-13H2,1-7H3. The summed E-state index contributed by atoms with van der Waals surface area (Å²) in [6, 6.07) is 5.14. The lowest BCUT2D eigenvalue weighted by atomic mass is 9.98. The molecule has 1 heterocycles. The molecule has 0 aliphatic carbocycles. The van der Waals surface area contributed by atoms with Crippen molar-refractivity contribution in [3.05, 3.63) is 29.3 Å². The number of carbonyl (C=O) groups is 2. The van der Waals surface area contributed by atoms with Crippen LogP contribution in [0.15, 0.2) is 23.1 Å². The minimum absolute atomic E-state index is 0.00695. The highest BCUT2D eigenvalue weighted by atomic mass is 32.2. The largest absolute Gasteiger partial charge is 0.452 e. The number of amides is 1. The predicted octanol–water partition coefficient (Wildman–Crippen LogP) is 3.28. The van der Waals surface area contributed by atoms with E-state index in [-0.39, 0.29) is 36.0 Å². The second-order valence-electron chi connectivity index (χ2n) is 8.94. The maximum Gasteiger partial charge on any atom is 0.309 e. The van der Waals surface area contributed by atoms with Crippen LogP contribution in [0.5, 0.6) is 0 Å². The zero-order valence-electron chi connectivity index (χ0n) is 19.7. The molecule has 1 unspecified atom stereocenters. The van der Waals surface area contributed by atoms with Crippen LogP contribution >= 0.6 is 0 Å². The molecule has 0 radical (unpaired) electrons. The molecule has 1 amide bonds. The van der Waals surface area contributed by atoms with Crippen molar-refractivity contribution in [1.82, 2.24) is 9.21 Å². The Bertz CT molecular complexity index is 895. The SMILES string of the molecule is Cc1ccc(S(=O)(=O)N2CCC(C(=O)OC(C)C(=O)N(C(C)C)C(C)C)CC2)cc1C. The van der Waals surface area contributed by atoms with Crippen LogP contribution in [0.2, 0.25) is 0 Å². The van der Waals surface area contributed by atoms with E-state index in [0.717, 1.165) is 11.1 Å². The van der Waals surface area contributed by atoms with Gasteiger partial charge < -0.3 is 9.64 Å². The lowest BCUT2D eigenvalue weighted by Crippen LogP contribution is -2.48. The number of benzene rings is 1. The zero-order valence-corrected chi connectivity index (χ0v) is 20.5. The quantitative estimate of drug-likeness (QED) is 0.593. The van der Waals surface area contributed by atoms with Crippen LogP contribution in [0.4, 0.5) is 0 Å². The molecule has 0 spiro atoms. The molecule has 1 aliphatic heterocycles. The van der Waals surface area contributed by atoms with E-state index in [1.54, 1.807) is 24.0 Å². The van der Waals surface area contributed by atoms with Crippen molar-refractivity contribution in [2.45, 2.75) is 84.4 Å². The molecule has 1 aromatic carbocycles. The fourth-order valence-electron chi connectivity index (χ4n) is 3.99. The Hall–Kier alpha value is -1.93. The summed E-state index contributed by atoms with van der Waals surface area (Å²) < 4.78 is 32.8. The van der Waals surface area contributed by atoms with Crippen LogP contribution in [-0.2, 0) is 24.3 Å². The number of piperidine rings is 1. The fourth-order valence-corrected chi connectivity index (χ4v) is 5.55. The first kappa shape index (κ1) is 25.3. The van der Waals surface area contributed by atoms with E-state index in [4.69, 9.17) is 4.74 Å². The van der Waals surface area contributed by atoms with Gasteiger partial charge in [0.15, 0.2) is 6.10 Å². The van der Waals surface area contributed by atoms with Crippen LogP contribution in [0.3, 0.4) is 0 Å². The molecule has 31 heavy (non-hydrogen) atoms. The lowest BCUT2D eigenvalue weighted by Gasteiger charge is -2.34. The van der Waals surface area contributed by atoms with Gasteiger partial charge >= 0.3 is 5.97 Å². The Labute approximate surface area is 186 Å². The van der Waals surface area contributed by atoms with E-state index in [2.05, 4.69) is 0 Å². The molecule has 0 N–H and O–H groups in total. The molecule has 0 bridgehead atoms. The Morgan fingerprint density at radius 3 is 2.03 bits per heavy atom. The highest BCUT2D eigenvalue weighted by molar-refractivity contribution is 7.89. The van der Waals surface area contributed by atoms with E-state index in [0.29, 0.717) is 12.8 Å². The normalized spacial score (nSPS) is 17.1. The van der Waals surface area contributed by atoms with Gasteiger partial charge in [-0.3, -0.25) is 9.59 Å². The molecule has 1 aliphatic rings. The molecule has 0 saturated carbocycles. The van der Waals surface area contributed by atoms with Crippen molar-refractivity contribution in [2.75, 3.05) is 13.1 Å². The molecular formula is C23H36N2O5S. The summed E-state index contributed by atoms with van der Waals surface area (Å²) >= 11 is 0. The third-order valence-corrected chi connectivity index (χ3v) is 7.81. The highest BCUT2D eigenvalue weighted by Crippen LogP contribution is 2.26. The number of sulfonamides is 1. The van der Waals surface area contributed by atoms with Crippen LogP contribution in [0, 0.1) is 19.8 Å². The molecule has 174 valence electrons. The number of ether oxygens (including phenoxy) is 1. The average Bonchev–Trinajstić information content (AvgIpc) is 2.69. The summed E-state index contributed by atoms with van der Waals surface area (Å²) in [5.41, 5.74) is 1.97. The number of esters is 1. The Morgan fingerprint density at radius 2 is 1.55 bits per heavy atom. The van der Waals surface area contributed by atoms with Gasteiger partial charge in [-0.05, 0) is 84.6 Å². The first-order chi connectivity index (χ1) is 14.4. The van der Waals surface area contributed by atoms with Crippen LogP contribution < -0.4 is 0 Å². The summed E-state index contributed by atoms with van der Waals surface area (Å²) in [6.45, 7) is 13.6. The summed E-state index contributed by atoms with van der Waals surface area (Å²) in [5, 5.41) is 0. The van der Waals surface area contributed by atoms with Gasteiger partial charge in [0, 0.05) is 25.2 Å². The number of hydrogen-bond donors (Lipinski definition) is 0. The first-order valence-corrected chi connectivity index (χ1v) is 12.4. The maximum atomic E-state index is 13.0. The molecule has 2 rings (SSSR count). The minimum atomic E-state index is -3.60. The Kier molecular flexibility index (Phi) is 8.27. The van der Waals surface area contributed by atoms with E-state index in [1.165, 1.54) is 4.31 Å². The van der Waals surface area contributed by atoms with Crippen LogP contribution in [0.1, 0.15) is 58.6 Å². The van der Waals surface area contributed by atoms with Gasteiger partial charge in [-0.25, -0.2) is 8.42 Å². The Balaban J connectivity index is 1.98. The first-order valence-electron chi connectivity index (χ1n) is 11.0. The molecule has 7 nitrogen and oxygen atoms in total. The van der Waals surface area contributed by atoms with Gasteiger partial charge in [-0.1, -0.05) is 6.07 Å². The molecule has 8 heteroatoms. The van der Waals surface area contributed by atoms with Gasteiger partial charge in [-0.2, -0.15) is 4.31 Å². The molecular weight excluding hydrogens is 416 g/mol. The maximum absolute atomic E-state index is 13.0. The number of aryl methyl sites for hydroxylation is 2. The lowest BCUT2D eigenvalue weighted by molar-refractivity contribution is -0.165. The van der Waals surface area contributed by atoms with E-state index in [9.17, 15) is 18.0 Å². The number of nitrogens with zero attached hydrogens (tertiary/aromatic N) is 2. The van der Waals surface area contributed by atoms with Gasteiger partial charge in [0.25, 0.3) is 5.91 Å². The fraction of sp³-hybridized carbons (Fsp3) is 0.652. The Morgan fingerprint density at radius 1 is 1.00 bits per heavy atom. The van der Waals surface area contributed by atoms with E-state index >= 15 is 0 Å². The van der Waals surface area contributed by atoms with Gasteiger partial charge in [-0.15, -0.1) is 0 Å². The average molecular weight is 453 g/mol. The number of rotatable bonds is 7. The van der Waals surface area contributed by atoms with Gasteiger partial charge in [0.05, 0.1) is 10.8 Å². The monoisotopic (exact) mass is 452 g/mol. The van der Waals surface area contributed by atoms with Gasteiger partial charge in [0.2, 0.25) is 10.0 Å². The predicted molar refractivity (Wildman–Crippen MR) is 120 cm³/mol. The van der Waals surface area contributed by atoms with Crippen molar-refractivity contribution >= 4 is 21.9 Å². The number of hydrogen-bond acceptors (Lipinski definition) is 5. The van der Waals surface area contributed by atoms with Crippen molar-refractivity contribution in [3.8, 4) is 0 Å². The van der Waals surface area contributed by atoms with Crippen molar-refractivity contribution in [1.29, 1.82) is 0 Å². The molecule has 1 saturated heterocycles. The van der Waals surface area contributed by atoms with Crippen LogP contribution in [0.25, 0.3) is 0 Å². The highest BCUT2D eigenvalue weighted by Gasteiger charge is 2.35. The third-order valence-electron chi connectivity index (χ3n) is 5.91. The second-order valence-corrected chi connectivity index (χ2v) is 10.9. The third kappa shape index (κ3) is 5.86. The second kappa shape index (κ2) is 10.1. The van der Waals surface area contributed by atoms with Gasteiger partial charge in [0.1, 0.15) is 0 Å². The van der Waals surface area contributed by atoms with Crippen molar-refractivity contribution in [3.63, 3.8) is 0 Å². The summed E-state index contributed by atoms with van der Waals surface area (Å²) in [5.74, 6) is -1.06. The smallest absolute Gasteiger partial charge is 0.309 e. The summed E-state index contributed by atoms with van der Waals surface area (Å²) in [4.78, 5) is 27.3. The molecule has 1 atom stereocenters. The summed E-state index contributed by atoms with van der Waals surface area (Å²) in [6.07, 6.45) is -0.112. The zero-order chi connectivity index (χ0) is 23.5. The molecule has 0 aromatic heterocycles. The van der Waals surface area contributed by atoms with Crippen molar-refractivity contribution in [2.24, 2.45) is 5.92 Å². The molecule has 1 fully saturated rings. The van der Waals surface area contributed by atoms with E-state index in [1.807, 2.05) is 47.6 Å². The van der Waals surface area contributed by atoms with Crippen molar-refractivity contribution < 1.29 is 22.7 Å². The molecule has 1 aromatic rings.